The van der Waals surface area contributed by atoms with Crippen LogP contribution < -0.4 is 10.6 Å². The van der Waals surface area contributed by atoms with Gasteiger partial charge in [0.2, 0.25) is 5.91 Å². The lowest BCUT2D eigenvalue weighted by atomic mass is 10.1. The summed E-state index contributed by atoms with van der Waals surface area (Å²) in [6.07, 6.45) is 3.36. The van der Waals surface area contributed by atoms with Crippen LogP contribution in [0.1, 0.15) is 27.0 Å². The normalized spacial score (nSPS) is 10.1. The van der Waals surface area contributed by atoms with Crippen LogP contribution in [0.2, 0.25) is 0 Å². The van der Waals surface area contributed by atoms with Crippen molar-refractivity contribution in [1.82, 2.24) is 15.6 Å². The van der Waals surface area contributed by atoms with Crippen molar-refractivity contribution >= 4 is 11.8 Å². The van der Waals surface area contributed by atoms with Crippen molar-refractivity contribution in [2.24, 2.45) is 0 Å². The number of carbonyl (C=O) groups excluding carboxylic acids is 2. The largest absolute Gasteiger partial charge is 0.350 e. The molecule has 0 atom stereocenters. The second-order valence-electron chi connectivity index (χ2n) is 5.12. The summed E-state index contributed by atoms with van der Waals surface area (Å²) >= 11 is 0. The zero-order valence-corrected chi connectivity index (χ0v) is 12.7. The highest BCUT2D eigenvalue weighted by Crippen LogP contribution is 2.09. The summed E-state index contributed by atoms with van der Waals surface area (Å²) in [6, 6.07) is 9.15. The highest BCUT2D eigenvalue weighted by Gasteiger charge is 2.08. The summed E-state index contributed by atoms with van der Waals surface area (Å²) in [4.78, 5) is 27.7. The van der Waals surface area contributed by atoms with Crippen molar-refractivity contribution in [2.45, 2.75) is 20.4 Å². The molecule has 0 radical (unpaired) electrons. The average molecular weight is 297 g/mol. The van der Waals surface area contributed by atoms with E-state index in [4.69, 9.17) is 0 Å². The molecule has 0 saturated heterocycles. The van der Waals surface area contributed by atoms with Crippen molar-refractivity contribution in [2.75, 3.05) is 6.54 Å². The number of benzene rings is 1. The fourth-order valence-corrected chi connectivity index (χ4v) is 1.91. The topological polar surface area (TPSA) is 71.1 Å². The number of amides is 2. The Morgan fingerprint density at radius 3 is 2.59 bits per heavy atom. The van der Waals surface area contributed by atoms with Gasteiger partial charge >= 0.3 is 0 Å². The first kappa shape index (κ1) is 15.7. The van der Waals surface area contributed by atoms with Crippen LogP contribution in [0.15, 0.2) is 42.7 Å². The first-order chi connectivity index (χ1) is 10.6. The number of nitrogens with zero attached hydrogens (tertiary/aromatic N) is 1. The second kappa shape index (κ2) is 7.36. The lowest BCUT2D eigenvalue weighted by molar-refractivity contribution is -0.120. The van der Waals surface area contributed by atoms with E-state index in [0.29, 0.717) is 12.1 Å². The molecule has 0 aliphatic heterocycles. The minimum Gasteiger partial charge on any atom is -0.350 e. The van der Waals surface area contributed by atoms with Crippen molar-refractivity contribution in [1.29, 1.82) is 0 Å². The Hall–Kier alpha value is -2.69. The molecular formula is C17H19N3O2. The molecule has 1 aromatic carbocycles. The number of nitrogens with one attached hydrogen (secondary N) is 2. The van der Waals surface area contributed by atoms with Gasteiger partial charge in [-0.05, 0) is 48.7 Å². The Balaban J connectivity index is 1.80. The zero-order chi connectivity index (χ0) is 15.9. The highest BCUT2D eigenvalue weighted by molar-refractivity contribution is 5.96. The predicted octanol–water partition coefficient (Wildman–Crippen LogP) is 1.74. The van der Waals surface area contributed by atoms with E-state index in [9.17, 15) is 9.59 Å². The molecule has 2 amide bonds. The van der Waals surface area contributed by atoms with Gasteiger partial charge in [-0.3, -0.25) is 14.6 Å². The lowest BCUT2D eigenvalue weighted by Gasteiger charge is -2.08. The fraction of sp³-hybridized carbons (Fsp3) is 0.235. The maximum absolute atomic E-state index is 12.0. The van der Waals surface area contributed by atoms with Crippen molar-refractivity contribution in [3.05, 3.63) is 65.0 Å². The third kappa shape index (κ3) is 4.41. The minimum absolute atomic E-state index is 0.0496. The van der Waals surface area contributed by atoms with Gasteiger partial charge < -0.3 is 10.6 Å². The monoisotopic (exact) mass is 297 g/mol. The van der Waals surface area contributed by atoms with E-state index in [2.05, 4.69) is 15.6 Å². The first-order valence-corrected chi connectivity index (χ1v) is 7.07. The summed E-state index contributed by atoms with van der Waals surface area (Å²) in [5.41, 5.74) is 3.65. The van der Waals surface area contributed by atoms with Crippen LogP contribution in [-0.2, 0) is 11.3 Å². The van der Waals surface area contributed by atoms with Gasteiger partial charge in [0.15, 0.2) is 0 Å². The second-order valence-corrected chi connectivity index (χ2v) is 5.12. The minimum atomic E-state index is -0.250. The average Bonchev–Trinajstić information content (AvgIpc) is 2.54. The molecule has 2 rings (SSSR count). The molecule has 2 N–H and O–H groups in total. The summed E-state index contributed by atoms with van der Waals surface area (Å²) in [7, 11) is 0. The molecular weight excluding hydrogens is 278 g/mol. The van der Waals surface area contributed by atoms with Crippen molar-refractivity contribution < 1.29 is 9.59 Å². The van der Waals surface area contributed by atoms with Gasteiger partial charge in [-0.15, -0.1) is 0 Å². The van der Waals surface area contributed by atoms with E-state index >= 15 is 0 Å². The molecule has 0 spiro atoms. The van der Waals surface area contributed by atoms with Crippen molar-refractivity contribution in [3.63, 3.8) is 0 Å². The van der Waals surface area contributed by atoms with Crippen LogP contribution in [0, 0.1) is 13.8 Å². The molecule has 5 nitrogen and oxygen atoms in total. The predicted molar refractivity (Wildman–Crippen MR) is 84.3 cm³/mol. The highest BCUT2D eigenvalue weighted by atomic mass is 16.2. The van der Waals surface area contributed by atoms with Crippen LogP contribution in [0.5, 0.6) is 0 Å². The number of aryl methyl sites for hydroxylation is 2. The molecule has 1 heterocycles. The zero-order valence-electron chi connectivity index (χ0n) is 12.7. The molecule has 0 bridgehead atoms. The number of hydrogen-bond donors (Lipinski definition) is 2. The molecule has 0 aliphatic carbocycles. The third-order valence-corrected chi connectivity index (χ3v) is 3.39. The Labute approximate surface area is 129 Å². The summed E-state index contributed by atoms with van der Waals surface area (Å²) in [5, 5.41) is 5.35. The van der Waals surface area contributed by atoms with Gasteiger partial charge in [-0.25, -0.2) is 0 Å². The fourth-order valence-electron chi connectivity index (χ4n) is 1.91. The maximum atomic E-state index is 12.0. The van der Waals surface area contributed by atoms with Crippen LogP contribution in [-0.4, -0.2) is 23.3 Å². The molecule has 22 heavy (non-hydrogen) atoms. The number of pyridine rings is 1. The van der Waals surface area contributed by atoms with E-state index in [0.717, 1.165) is 16.7 Å². The summed E-state index contributed by atoms with van der Waals surface area (Å²) < 4.78 is 0. The number of carbonyl (C=O) groups is 2. The Morgan fingerprint density at radius 1 is 1.09 bits per heavy atom. The van der Waals surface area contributed by atoms with E-state index < -0.39 is 0 Å². The van der Waals surface area contributed by atoms with Gasteiger partial charge in [-0.1, -0.05) is 12.1 Å². The number of hydrogen-bond acceptors (Lipinski definition) is 3. The van der Waals surface area contributed by atoms with Gasteiger partial charge in [-0.2, -0.15) is 0 Å². The molecule has 5 heteroatoms. The molecule has 0 saturated carbocycles. The lowest BCUT2D eigenvalue weighted by Crippen LogP contribution is -2.36. The van der Waals surface area contributed by atoms with Gasteiger partial charge in [0, 0.05) is 24.5 Å². The van der Waals surface area contributed by atoms with E-state index in [1.807, 2.05) is 38.1 Å². The van der Waals surface area contributed by atoms with E-state index in [-0.39, 0.29) is 18.4 Å². The number of aromatic nitrogens is 1. The SMILES string of the molecule is Cc1ccc(C(=O)NCC(=O)NCc2cccnc2)cc1C. The Kier molecular flexibility index (Phi) is 5.25. The smallest absolute Gasteiger partial charge is 0.251 e. The Morgan fingerprint density at radius 2 is 1.91 bits per heavy atom. The van der Waals surface area contributed by atoms with Crippen LogP contribution in [0.4, 0.5) is 0 Å². The maximum Gasteiger partial charge on any atom is 0.251 e. The van der Waals surface area contributed by atoms with E-state index in [1.165, 1.54) is 0 Å². The molecule has 2 aromatic rings. The number of rotatable bonds is 5. The molecule has 0 unspecified atom stereocenters. The third-order valence-electron chi connectivity index (χ3n) is 3.39. The Bertz CT molecular complexity index is 669. The molecule has 0 aliphatic rings. The standard InChI is InChI=1S/C17H19N3O2/c1-12-5-6-15(8-13(12)2)17(22)20-11-16(21)19-10-14-4-3-7-18-9-14/h3-9H,10-11H2,1-2H3,(H,19,21)(H,20,22). The molecule has 0 fully saturated rings. The molecule has 1 aromatic heterocycles. The van der Waals surface area contributed by atoms with Gasteiger partial charge in [0.1, 0.15) is 0 Å². The quantitative estimate of drug-likeness (QED) is 0.883. The van der Waals surface area contributed by atoms with Crippen LogP contribution in [0.3, 0.4) is 0 Å². The first-order valence-electron chi connectivity index (χ1n) is 7.07. The van der Waals surface area contributed by atoms with Gasteiger partial charge in [0.25, 0.3) is 5.91 Å². The van der Waals surface area contributed by atoms with Gasteiger partial charge in [0.05, 0.1) is 6.54 Å². The van der Waals surface area contributed by atoms with Crippen molar-refractivity contribution in [3.8, 4) is 0 Å². The summed E-state index contributed by atoms with van der Waals surface area (Å²) in [6.45, 7) is 4.29. The van der Waals surface area contributed by atoms with Crippen LogP contribution >= 0.6 is 0 Å². The summed E-state index contributed by atoms with van der Waals surface area (Å²) in [5.74, 6) is -0.485. The van der Waals surface area contributed by atoms with E-state index in [1.54, 1.807) is 18.5 Å². The van der Waals surface area contributed by atoms with Crippen LogP contribution in [0.25, 0.3) is 0 Å². The molecule has 114 valence electrons.